The highest BCUT2D eigenvalue weighted by Gasteiger charge is 2.40. The molecule has 3 aromatic carbocycles. The Bertz CT molecular complexity index is 1230. The van der Waals surface area contributed by atoms with Gasteiger partial charge in [-0.05, 0) is 36.4 Å². The molecule has 0 radical (unpaired) electrons. The van der Waals surface area contributed by atoms with Crippen molar-refractivity contribution in [2.75, 3.05) is 12.4 Å². The van der Waals surface area contributed by atoms with Crippen LogP contribution in [0.3, 0.4) is 0 Å². The summed E-state index contributed by atoms with van der Waals surface area (Å²) >= 11 is 0. The topological polar surface area (TPSA) is 64.4 Å². The Balaban J connectivity index is 1.61. The van der Waals surface area contributed by atoms with Crippen molar-refractivity contribution in [3.63, 3.8) is 0 Å². The second kappa shape index (κ2) is 8.58. The molecule has 0 aliphatic carbocycles. The van der Waals surface area contributed by atoms with Gasteiger partial charge in [-0.3, -0.25) is 4.79 Å². The molecule has 1 heterocycles. The van der Waals surface area contributed by atoms with E-state index in [1.54, 1.807) is 54.6 Å². The molecule has 0 aliphatic rings. The number of amides is 1. The van der Waals surface area contributed by atoms with Crippen LogP contribution >= 0.6 is 0 Å². The molecule has 32 heavy (non-hydrogen) atoms. The van der Waals surface area contributed by atoms with E-state index in [0.29, 0.717) is 28.1 Å². The molecule has 8 heteroatoms. The quantitative estimate of drug-likeness (QED) is 0.398. The van der Waals surface area contributed by atoms with Gasteiger partial charge in [-0.15, -0.1) is 0 Å². The first-order chi connectivity index (χ1) is 15.4. The molecule has 0 fully saturated rings. The largest absolute Gasteiger partial charge is 0.496 e. The molecule has 0 bridgehead atoms. The molecular weight excluding hydrogens is 421 g/mol. The van der Waals surface area contributed by atoms with E-state index in [9.17, 15) is 18.0 Å². The van der Waals surface area contributed by atoms with Crippen molar-refractivity contribution in [1.29, 1.82) is 0 Å². The summed E-state index contributed by atoms with van der Waals surface area (Å²) in [5.74, 6) is -1.28. The van der Waals surface area contributed by atoms with E-state index in [2.05, 4.69) is 10.3 Å². The maximum absolute atomic E-state index is 13.5. The third-order valence-corrected chi connectivity index (χ3v) is 4.67. The molecule has 0 aliphatic heterocycles. The Kier molecular flexibility index (Phi) is 5.68. The predicted molar refractivity (Wildman–Crippen MR) is 113 cm³/mol. The maximum atomic E-state index is 13.5. The average Bonchev–Trinajstić information content (AvgIpc) is 3.26. The van der Waals surface area contributed by atoms with Gasteiger partial charge in [0.15, 0.2) is 0 Å². The normalized spacial score (nSPS) is 11.2. The Morgan fingerprint density at radius 1 is 0.906 bits per heavy atom. The number of nitrogens with zero attached hydrogens (tertiary/aromatic N) is 1. The van der Waals surface area contributed by atoms with Gasteiger partial charge in [0.2, 0.25) is 11.7 Å². The van der Waals surface area contributed by atoms with Gasteiger partial charge in [-0.25, -0.2) is 4.98 Å². The Labute approximate surface area is 181 Å². The lowest BCUT2D eigenvalue weighted by Crippen LogP contribution is -2.12. The van der Waals surface area contributed by atoms with Gasteiger partial charge in [0.25, 0.3) is 5.91 Å². The summed E-state index contributed by atoms with van der Waals surface area (Å²) in [6.45, 7) is 0. The Hall–Kier alpha value is -4.07. The first kappa shape index (κ1) is 21.2. The van der Waals surface area contributed by atoms with Crippen molar-refractivity contribution in [3.05, 3.63) is 90.2 Å². The minimum atomic E-state index is -4.70. The third kappa shape index (κ3) is 4.34. The minimum absolute atomic E-state index is 0.168. The monoisotopic (exact) mass is 438 g/mol. The van der Waals surface area contributed by atoms with Crippen LogP contribution in [0, 0.1) is 0 Å². The number of hydrogen-bond donors (Lipinski definition) is 1. The van der Waals surface area contributed by atoms with Crippen molar-refractivity contribution < 1.29 is 27.1 Å². The summed E-state index contributed by atoms with van der Waals surface area (Å²) in [5.41, 5.74) is 1.18. The second-order valence-corrected chi connectivity index (χ2v) is 6.79. The van der Waals surface area contributed by atoms with Gasteiger partial charge in [0.05, 0.1) is 12.7 Å². The Morgan fingerprint density at radius 2 is 1.56 bits per heavy atom. The van der Waals surface area contributed by atoms with Crippen LogP contribution in [0.25, 0.3) is 22.7 Å². The number of aromatic nitrogens is 1. The molecule has 4 rings (SSSR count). The van der Waals surface area contributed by atoms with Gasteiger partial charge >= 0.3 is 6.18 Å². The Morgan fingerprint density at radius 3 is 2.22 bits per heavy atom. The summed E-state index contributed by atoms with van der Waals surface area (Å²) in [4.78, 5) is 16.6. The molecule has 1 N–H and O–H groups in total. The highest BCUT2D eigenvalue weighted by atomic mass is 19.4. The standard InChI is InChI=1S/C24H17F3N2O3/c1-31-19-10-6-5-9-18(19)22(30)28-17-13-11-16(12-14-17)23-29-20(15-7-3-2-4-8-15)21(32-23)24(25,26)27/h2-14H,1H3,(H,28,30). The van der Waals surface area contributed by atoms with Crippen LogP contribution in [0.2, 0.25) is 0 Å². The molecular formula is C24H17F3N2O3. The summed E-state index contributed by atoms with van der Waals surface area (Å²) < 4.78 is 50.8. The first-order valence-electron chi connectivity index (χ1n) is 9.55. The predicted octanol–water partition coefficient (Wildman–Crippen LogP) is 6.29. The molecule has 162 valence electrons. The van der Waals surface area contributed by atoms with Crippen molar-refractivity contribution in [2.45, 2.75) is 6.18 Å². The molecule has 0 saturated heterocycles. The molecule has 0 unspecified atom stereocenters. The lowest BCUT2D eigenvalue weighted by Gasteiger charge is -2.09. The zero-order chi connectivity index (χ0) is 22.7. The highest BCUT2D eigenvalue weighted by Crippen LogP contribution is 2.39. The second-order valence-electron chi connectivity index (χ2n) is 6.79. The molecule has 0 atom stereocenters. The molecule has 5 nitrogen and oxygen atoms in total. The zero-order valence-electron chi connectivity index (χ0n) is 16.8. The number of ether oxygens (including phenoxy) is 1. The van der Waals surface area contributed by atoms with E-state index in [1.807, 2.05) is 0 Å². The van der Waals surface area contributed by atoms with Crippen LogP contribution < -0.4 is 10.1 Å². The summed E-state index contributed by atoms with van der Waals surface area (Å²) in [5, 5.41) is 2.73. The number of hydrogen-bond acceptors (Lipinski definition) is 4. The van der Waals surface area contributed by atoms with Crippen LogP contribution in [0.15, 0.2) is 83.3 Å². The molecule has 0 saturated carbocycles. The number of oxazole rings is 1. The smallest absolute Gasteiger partial charge is 0.451 e. The van der Waals surface area contributed by atoms with Crippen LogP contribution in [-0.2, 0) is 6.18 Å². The summed E-state index contributed by atoms with van der Waals surface area (Å²) in [6.07, 6.45) is -4.70. The fourth-order valence-corrected chi connectivity index (χ4v) is 3.15. The van der Waals surface area contributed by atoms with Gasteiger partial charge in [-0.2, -0.15) is 13.2 Å². The van der Waals surface area contributed by atoms with Gasteiger partial charge in [0, 0.05) is 16.8 Å². The minimum Gasteiger partial charge on any atom is -0.496 e. The highest BCUT2D eigenvalue weighted by molar-refractivity contribution is 6.06. The van der Waals surface area contributed by atoms with Crippen LogP contribution in [0.5, 0.6) is 5.75 Å². The van der Waals surface area contributed by atoms with Crippen molar-refractivity contribution in [1.82, 2.24) is 4.98 Å². The van der Waals surface area contributed by atoms with Gasteiger partial charge < -0.3 is 14.5 Å². The SMILES string of the molecule is COc1ccccc1C(=O)Nc1ccc(-c2nc(-c3ccccc3)c(C(F)(F)F)o2)cc1. The van der Waals surface area contributed by atoms with E-state index in [4.69, 9.17) is 9.15 Å². The van der Waals surface area contributed by atoms with Gasteiger partial charge in [-0.1, -0.05) is 42.5 Å². The fraction of sp³-hybridized carbons (Fsp3) is 0.0833. The van der Waals surface area contributed by atoms with Crippen LogP contribution in [0.1, 0.15) is 16.1 Å². The number of carbonyl (C=O) groups excluding carboxylic acids is 1. The number of alkyl halides is 3. The summed E-state index contributed by atoms with van der Waals surface area (Å²) in [7, 11) is 1.47. The van der Waals surface area contributed by atoms with E-state index in [0.717, 1.165) is 0 Å². The molecule has 4 aromatic rings. The van der Waals surface area contributed by atoms with Crippen molar-refractivity contribution >= 4 is 11.6 Å². The third-order valence-electron chi connectivity index (χ3n) is 4.67. The van der Waals surface area contributed by atoms with E-state index < -0.39 is 11.9 Å². The number of halogens is 3. The number of benzene rings is 3. The molecule has 0 spiro atoms. The van der Waals surface area contributed by atoms with E-state index in [-0.39, 0.29) is 17.5 Å². The number of anilines is 1. The van der Waals surface area contributed by atoms with Crippen LogP contribution in [0.4, 0.5) is 18.9 Å². The number of para-hydroxylation sites is 1. The van der Waals surface area contributed by atoms with Crippen LogP contribution in [-0.4, -0.2) is 18.0 Å². The van der Waals surface area contributed by atoms with E-state index in [1.165, 1.54) is 31.4 Å². The number of rotatable bonds is 5. The zero-order valence-corrected chi connectivity index (χ0v) is 16.8. The molecule has 1 aromatic heterocycles. The lowest BCUT2D eigenvalue weighted by atomic mass is 10.1. The average molecular weight is 438 g/mol. The van der Waals surface area contributed by atoms with Crippen molar-refractivity contribution in [3.8, 4) is 28.5 Å². The number of carbonyl (C=O) groups is 1. The van der Waals surface area contributed by atoms with E-state index >= 15 is 0 Å². The number of nitrogens with one attached hydrogen (secondary N) is 1. The first-order valence-corrected chi connectivity index (χ1v) is 9.55. The fourth-order valence-electron chi connectivity index (χ4n) is 3.15. The number of methoxy groups -OCH3 is 1. The lowest BCUT2D eigenvalue weighted by molar-refractivity contribution is -0.152. The van der Waals surface area contributed by atoms with Crippen molar-refractivity contribution in [2.24, 2.45) is 0 Å². The van der Waals surface area contributed by atoms with Gasteiger partial charge in [0.1, 0.15) is 11.4 Å². The maximum Gasteiger partial charge on any atom is 0.451 e. The molecule has 1 amide bonds. The summed E-state index contributed by atoms with van der Waals surface area (Å²) in [6, 6.07) is 21.0.